The van der Waals surface area contributed by atoms with E-state index in [0.717, 1.165) is 12.8 Å². The van der Waals surface area contributed by atoms with Crippen molar-refractivity contribution in [1.82, 2.24) is 14.5 Å². The SMILES string of the molecule is COc1nc2ccc(C(O)(c3ccc(C#N)cc3)c3cncn3C)cc2c(C#N)c1OCC1CC1. The minimum Gasteiger partial charge on any atom is -0.487 e. The van der Waals surface area contributed by atoms with E-state index in [1.54, 1.807) is 66.6 Å². The van der Waals surface area contributed by atoms with Crippen LogP contribution in [-0.4, -0.2) is 33.4 Å². The predicted octanol–water partition coefficient (Wildman–Crippen LogP) is 3.79. The van der Waals surface area contributed by atoms with Gasteiger partial charge < -0.3 is 19.1 Å². The Morgan fingerprint density at radius 2 is 1.86 bits per heavy atom. The van der Waals surface area contributed by atoms with E-state index in [4.69, 9.17) is 9.47 Å². The van der Waals surface area contributed by atoms with Crippen LogP contribution in [0.2, 0.25) is 0 Å². The third-order valence-electron chi connectivity index (χ3n) is 6.41. The number of rotatable bonds is 7. The molecule has 1 unspecified atom stereocenters. The highest BCUT2D eigenvalue weighted by molar-refractivity contribution is 5.89. The maximum Gasteiger partial charge on any atom is 0.258 e. The quantitative estimate of drug-likeness (QED) is 0.441. The molecule has 5 rings (SSSR count). The van der Waals surface area contributed by atoms with Crippen molar-refractivity contribution in [3.8, 4) is 23.8 Å². The number of pyridine rings is 1. The molecule has 0 radical (unpaired) electrons. The summed E-state index contributed by atoms with van der Waals surface area (Å²) in [5.41, 5.74) is 1.36. The highest BCUT2D eigenvalue weighted by Gasteiger charge is 2.37. The third-order valence-corrected chi connectivity index (χ3v) is 6.41. The number of aliphatic hydroxyl groups is 1. The maximum atomic E-state index is 12.2. The lowest BCUT2D eigenvalue weighted by Gasteiger charge is -2.30. The average molecular weight is 466 g/mol. The Hall–Kier alpha value is -4.40. The van der Waals surface area contributed by atoms with E-state index in [0.29, 0.717) is 57.1 Å². The van der Waals surface area contributed by atoms with E-state index in [1.807, 2.05) is 0 Å². The molecule has 1 N–H and O–H groups in total. The van der Waals surface area contributed by atoms with Crippen molar-refractivity contribution in [3.05, 3.63) is 82.9 Å². The number of fused-ring (bicyclic) bond motifs is 1. The van der Waals surface area contributed by atoms with Gasteiger partial charge in [0.25, 0.3) is 5.88 Å². The van der Waals surface area contributed by atoms with Crippen molar-refractivity contribution >= 4 is 10.9 Å². The van der Waals surface area contributed by atoms with Crippen LogP contribution in [0.4, 0.5) is 0 Å². The topological polar surface area (TPSA) is 117 Å². The second-order valence-corrected chi connectivity index (χ2v) is 8.71. The van der Waals surface area contributed by atoms with Gasteiger partial charge in [-0.15, -0.1) is 0 Å². The van der Waals surface area contributed by atoms with Crippen molar-refractivity contribution in [1.29, 1.82) is 10.5 Å². The number of hydrogen-bond acceptors (Lipinski definition) is 7. The highest BCUT2D eigenvalue weighted by Crippen LogP contribution is 2.41. The van der Waals surface area contributed by atoms with Gasteiger partial charge in [-0.3, -0.25) is 0 Å². The van der Waals surface area contributed by atoms with Gasteiger partial charge in [-0.25, -0.2) is 9.97 Å². The standard InChI is InChI=1S/C27H23N5O3/c1-32-16-30-14-24(32)27(33,19-7-5-17(12-28)6-8-19)20-9-10-23-21(11-20)22(13-29)25(26(31-23)34-2)35-15-18-3-4-18/h5-11,14,16,18,33H,3-4,15H2,1-2H3. The van der Waals surface area contributed by atoms with E-state index in [9.17, 15) is 15.6 Å². The monoisotopic (exact) mass is 465 g/mol. The lowest BCUT2D eigenvalue weighted by molar-refractivity contribution is 0.117. The molecule has 4 aromatic rings. The average Bonchev–Trinajstić information content (AvgIpc) is 3.63. The van der Waals surface area contributed by atoms with Gasteiger partial charge in [-0.05, 0) is 54.2 Å². The number of aryl methyl sites for hydroxylation is 1. The fourth-order valence-electron chi connectivity index (χ4n) is 4.27. The molecule has 1 aliphatic rings. The van der Waals surface area contributed by atoms with Crippen LogP contribution in [-0.2, 0) is 12.6 Å². The maximum absolute atomic E-state index is 12.2. The first-order chi connectivity index (χ1) is 17.0. The summed E-state index contributed by atoms with van der Waals surface area (Å²) in [6.07, 6.45) is 5.43. The molecular formula is C27H23N5O3. The molecule has 174 valence electrons. The summed E-state index contributed by atoms with van der Waals surface area (Å²) in [4.78, 5) is 8.77. The van der Waals surface area contributed by atoms with Crippen molar-refractivity contribution in [2.75, 3.05) is 13.7 Å². The number of benzene rings is 2. The normalized spacial score (nSPS) is 14.7. The Morgan fingerprint density at radius 3 is 2.46 bits per heavy atom. The fourth-order valence-corrected chi connectivity index (χ4v) is 4.27. The molecule has 1 saturated carbocycles. The summed E-state index contributed by atoms with van der Waals surface area (Å²) in [6.45, 7) is 0.502. The third kappa shape index (κ3) is 3.84. The van der Waals surface area contributed by atoms with Crippen molar-refractivity contribution in [2.45, 2.75) is 18.4 Å². The van der Waals surface area contributed by atoms with Gasteiger partial charge >= 0.3 is 0 Å². The number of nitrogens with zero attached hydrogens (tertiary/aromatic N) is 5. The second kappa shape index (κ2) is 8.75. The summed E-state index contributed by atoms with van der Waals surface area (Å²) >= 11 is 0. The minimum absolute atomic E-state index is 0.261. The number of hydrogen-bond donors (Lipinski definition) is 1. The number of aromatic nitrogens is 3. The van der Waals surface area contributed by atoms with Crippen LogP contribution < -0.4 is 9.47 Å². The first-order valence-electron chi connectivity index (χ1n) is 11.2. The molecule has 8 heteroatoms. The lowest BCUT2D eigenvalue weighted by atomic mass is 9.82. The molecule has 2 heterocycles. The molecule has 0 spiro atoms. The predicted molar refractivity (Wildman–Crippen MR) is 128 cm³/mol. The Kier molecular flexibility index (Phi) is 5.60. The molecule has 2 aromatic heterocycles. The van der Waals surface area contributed by atoms with Gasteiger partial charge in [-0.1, -0.05) is 18.2 Å². The zero-order chi connectivity index (χ0) is 24.6. The summed E-state index contributed by atoms with van der Waals surface area (Å²) < 4.78 is 13.2. The number of ether oxygens (including phenoxy) is 2. The van der Waals surface area contributed by atoms with Crippen molar-refractivity contribution in [3.63, 3.8) is 0 Å². The number of imidazole rings is 1. The molecular weight excluding hydrogens is 442 g/mol. The minimum atomic E-state index is -1.60. The molecule has 1 atom stereocenters. The molecule has 1 fully saturated rings. The molecule has 1 aliphatic carbocycles. The van der Waals surface area contributed by atoms with Gasteiger partial charge in [-0.2, -0.15) is 10.5 Å². The first-order valence-corrected chi connectivity index (χ1v) is 11.2. The molecule has 0 amide bonds. The van der Waals surface area contributed by atoms with Crippen molar-refractivity contribution in [2.24, 2.45) is 13.0 Å². The smallest absolute Gasteiger partial charge is 0.258 e. The van der Waals surface area contributed by atoms with E-state index >= 15 is 0 Å². The van der Waals surface area contributed by atoms with Crippen molar-refractivity contribution < 1.29 is 14.6 Å². The number of nitriles is 2. The summed E-state index contributed by atoms with van der Waals surface area (Å²) in [5.74, 6) is 1.06. The zero-order valence-electron chi connectivity index (χ0n) is 19.4. The fraction of sp³-hybridized carbons (Fsp3) is 0.259. The highest BCUT2D eigenvalue weighted by atomic mass is 16.5. The molecule has 0 bridgehead atoms. The van der Waals surface area contributed by atoms with Crippen LogP contribution in [0.3, 0.4) is 0 Å². The zero-order valence-corrected chi connectivity index (χ0v) is 19.4. The Labute approximate surface area is 202 Å². The summed E-state index contributed by atoms with van der Waals surface area (Å²) in [6, 6.07) is 16.4. The van der Waals surface area contributed by atoms with E-state index in [-0.39, 0.29) is 5.88 Å². The van der Waals surface area contributed by atoms with Crippen LogP contribution in [0, 0.1) is 28.6 Å². The van der Waals surface area contributed by atoms with E-state index < -0.39 is 5.60 Å². The molecule has 35 heavy (non-hydrogen) atoms. The van der Waals surface area contributed by atoms with Crippen LogP contribution in [0.15, 0.2) is 55.0 Å². The van der Waals surface area contributed by atoms with Gasteiger partial charge in [0, 0.05) is 12.4 Å². The van der Waals surface area contributed by atoms with Gasteiger partial charge in [0.05, 0.1) is 49.1 Å². The lowest BCUT2D eigenvalue weighted by Crippen LogP contribution is -2.31. The number of methoxy groups -OCH3 is 1. The molecule has 2 aromatic carbocycles. The largest absolute Gasteiger partial charge is 0.487 e. The Balaban J connectivity index is 1.72. The van der Waals surface area contributed by atoms with Gasteiger partial charge in [0.2, 0.25) is 0 Å². The van der Waals surface area contributed by atoms with Gasteiger partial charge in [0.15, 0.2) is 11.4 Å². The molecule has 0 saturated heterocycles. The van der Waals surface area contributed by atoms with Crippen LogP contribution in [0.1, 0.15) is 40.8 Å². The van der Waals surface area contributed by atoms with E-state index in [1.165, 1.54) is 7.11 Å². The molecule has 8 nitrogen and oxygen atoms in total. The van der Waals surface area contributed by atoms with E-state index in [2.05, 4.69) is 22.1 Å². The summed E-state index contributed by atoms with van der Waals surface area (Å²) in [7, 11) is 3.30. The Morgan fingerprint density at radius 1 is 1.11 bits per heavy atom. The van der Waals surface area contributed by atoms with Crippen LogP contribution in [0.5, 0.6) is 11.6 Å². The second-order valence-electron chi connectivity index (χ2n) is 8.71. The van der Waals surface area contributed by atoms with Gasteiger partial charge in [0.1, 0.15) is 11.6 Å². The first kappa shape index (κ1) is 22.4. The van der Waals surface area contributed by atoms with Crippen LogP contribution >= 0.6 is 0 Å². The summed E-state index contributed by atoms with van der Waals surface area (Å²) in [5, 5.41) is 32.1. The van der Waals surface area contributed by atoms with Crippen LogP contribution in [0.25, 0.3) is 10.9 Å². The Bertz CT molecular complexity index is 1490. The molecule has 0 aliphatic heterocycles.